The SMILES string of the molecule is CCNC(=O)N1CCCC2CN3CCc4cc(OC)ccc4C3CC21. The van der Waals surface area contributed by atoms with Crippen LogP contribution in [0.5, 0.6) is 5.75 Å². The first kappa shape index (κ1) is 16.7. The highest BCUT2D eigenvalue weighted by Gasteiger charge is 2.43. The molecule has 25 heavy (non-hydrogen) atoms. The van der Waals surface area contributed by atoms with Crippen molar-refractivity contribution in [2.24, 2.45) is 5.92 Å². The molecule has 0 radical (unpaired) electrons. The number of amides is 2. The molecule has 3 heterocycles. The molecule has 2 amide bonds. The van der Waals surface area contributed by atoms with E-state index in [1.807, 2.05) is 6.92 Å². The Morgan fingerprint density at radius 1 is 1.36 bits per heavy atom. The van der Waals surface area contributed by atoms with Gasteiger partial charge in [-0.05, 0) is 61.8 Å². The first-order valence-corrected chi connectivity index (χ1v) is 9.66. The molecule has 0 saturated carbocycles. The molecule has 0 aliphatic carbocycles. The summed E-state index contributed by atoms with van der Waals surface area (Å²) >= 11 is 0. The number of nitrogens with zero attached hydrogens (tertiary/aromatic N) is 2. The van der Waals surface area contributed by atoms with Crippen LogP contribution in [0.1, 0.15) is 43.4 Å². The second kappa shape index (κ2) is 6.87. The third-order valence-corrected chi connectivity index (χ3v) is 6.26. The summed E-state index contributed by atoms with van der Waals surface area (Å²) in [7, 11) is 1.73. The monoisotopic (exact) mass is 343 g/mol. The predicted octanol–water partition coefficient (Wildman–Crippen LogP) is 2.81. The Morgan fingerprint density at radius 3 is 3.04 bits per heavy atom. The van der Waals surface area contributed by atoms with Crippen LogP contribution in [0.2, 0.25) is 0 Å². The Hall–Kier alpha value is -1.75. The van der Waals surface area contributed by atoms with Crippen LogP contribution < -0.4 is 10.1 Å². The van der Waals surface area contributed by atoms with Gasteiger partial charge in [-0.3, -0.25) is 4.90 Å². The maximum atomic E-state index is 12.5. The first-order valence-electron chi connectivity index (χ1n) is 9.66. The van der Waals surface area contributed by atoms with Gasteiger partial charge in [0.25, 0.3) is 0 Å². The number of benzene rings is 1. The molecule has 2 saturated heterocycles. The molecule has 136 valence electrons. The van der Waals surface area contributed by atoms with Crippen molar-refractivity contribution in [2.45, 2.75) is 44.7 Å². The summed E-state index contributed by atoms with van der Waals surface area (Å²) in [5.74, 6) is 1.56. The summed E-state index contributed by atoms with van der Waals surface area (Å²) in [6.45, 7) is 5.83. The number of likely N-dealkylation sites (tertiary alicyclic amines) is 1. The lowest BCUT2D eigenvalue weighted by atomic mass is 9.76. The number of rotatable bonds is 2. The normalized spacial score (nSPS) is 28.6. The topological polar surface area (TPSA) is 44.8 Å². The molecular weight excluding hydrogens is 314 g/mol. The lowest BCUT2D eigenvalue weighted by Crippen LogP contribution is -2.59. The van der Waals surface area contributed by atoms with Crippen LogP contribution in [-0.2, 0) is 6.42 Å². The third-order valence-electron chi connectivity index (χ3n) is 6.26. The van der Waals surface area contributed by atoms with Crippen LogP contribution in [-0.4, -0.2) is 55.2 Å². The van der Waals surface area contributed by atoms with E-state index in [9.17, 15) is 4.79 Å². The number of hydrogen-bond donors (Lipinski definition) is 1. The molecule has 3 aliphatic rings. The van der Waals surface area contributed by atoms with E-state index < -0.39 is 0 Å². The molecule has 0 aromatic heterocycles. The lowest BCUT2D eigenvalue weighted by molar-refractivity contribution is 0.00581. The smallest absolute Gasteiger partial charge is 0.317 e. The summed E-state index contributed by atoms with van der Waals surface area (Å²) in [6, 6.07) is 7.44. The molecular formula is C20H29N3O2. The van der Waals surface area contributed by atoms with Crippen LogP contribution in [0.15, 0.2) is 18.2 Å². The zero-order valence-corrected chi connectivity index (χ0v) is 15.3. The van der Waals surface area contributed by atoms with Crippen molar-refractivity contribution in [3.05, 3.63) is 29.3 Å². The summed E-state index contributed by atoms with van der Waals surface area (Å²) in [5, 5.41) is 3.01. The van der Waals surface area contributed by atoms with Gasteiger partial charge in [-0.15, -0.1) is 0 Å². The minimum atomic E-state index is 0.122. The van der Waals surface area contributed by atoms with Gasteiger partial charge in [0.15, 0.2) is 0 Å². The molecule has 2 fully saturated rings. The molecule has 5 nitrogen and oxygen atoms in total. The minimum Gasteiger partial charge on any atom is -0.497 e. The number of methoxy groups -OCH3 is 1. The third kappa shape index (κ3) is 2.99. The van der Waals surface area contributed by atoms with E-state index in [1.165, 1.54) is 17.5 Å². The number of piperidine rings is 2. The highest BCUT2D eigenvalue weighted by molar-refractivity contribution is 5.74. The van der Waals surface area contributed by atoms with Crippen LogP contribution in [0.4, 0.5) is 4.79 Å². The Kier molecular flexibility index (Phi) is 4.59. The molecule has 0 spiro atoms. The molecule has 0 bridgehead atoms. The number of nitrogens with one attached hydrogen (secondary N) is 1. The quantitative estimate of drug-likeness (QED) is 0.898. The zero-order valence-electron chi connectivity index (χ0n) is 15.3. The number of fused-ring (bicyclic) bond motifs is 4. The van der Waals surface area contributed by atoms with Gasteiger partial charge in [-0.1, -0.05) is 6.07 Å². The lowest BCUT2D eigenvalue weighted by Gasteiger charge is -2.52. The van der Waals surface area contributed by atoms with Crippen molar-refractivity contribution in [2.75, 3.05) is 33.3 Å². The fraction of sp³-hybridized carbons (Fsp3) is 0.650. The molecule has 3 unspecified atom stereocenters. The van der Waals surface area contributed by atoms with E-state index in [0.717, 1.165) is 44.6 Å². The van der Waals surface area contributed by atoms with Gasteiger partial charge in [-0.2, -0.15) is 0 Å². The van der Waals surface area contributed by atoms with Gasteiger partial charge in [0.05, 0.1) is 7.11 Å². The summed E-state index contributed by atoms with van der Waals surface area (Å²) in [4.78, 5) is 17.3. The van der Waals surface area contributed by atoms with Crippen LogP contribution in [0, 0.1) is 5.92 Å². The predicted molar refractivity (Wildman–Crippen MR) is 97.9 cm³/mol. The van der Waals surface area contributed by atoms with Crippen molar-refractivity contribution in [3.63, 3.8) is 0 Å². The van der Waals surface area contributed by atoms with Gasteiger partial charge in [-0.25, -0.2) is 4.79 Å². The van der Waals surface area contributed by atoms with Gasteiger partial charge in [0.1, 0.15) is 5.75 Å². The first-order chi connectivity index (χ1) is 12.2. The Balaban J connectivity index is 1.59. The summed E-state index contributed by atoms with van der Waals surface area (Å²) in [5.41, 5.74) is 2.85. The summed E-state index contributed by atoms with van der Waals surface area (Å²) < 4.78 is 5.40. The van der Waals surface area contributed by atoms with Gasteiger partial charge in [0, 0.05) is 38.3 Å². The fourth-order valence-electron chi connectivity index (χ4n) is 5.07. The van der Waals surface area contributed by atoms with E-state index in [-0.39, 0.29) is 6.03 Å². The molecule has 4 rings (SSSR count). The maximum absolute atomic E-state index is 12.5. The number of urea groups is 1. The molecule has 1 aromatic rings. The largest absolute Gasteiger partial charge is 0.497 e. The van der Waals surface area contributed by atoms with Gasteiger partial charge >= 0.3 is 6.03 Å². The number of ether oxygens (including phenoxy) is 1. The molecule has 5 heteroatoms. The molecule has 1 aromatic carbocycles. The van der Waals surface area contributed by atoms with E-state index in [1.54, 1.807) is 7.11 Å². The Bertz CT molecular complexity index is 648. The maximum Gasteiger partial charge on any atom is 0.317 e. The van der Waals surface area contributed by atoms with E-state index in [2.05, 4.69) is 33.3 Å². The van der Waals surface area contributed by atoms with Crippen molar-refractivity contribution in [3.8, 4) is 5.75 Å². The average molecular weight is 343 g/mol. The van der Waals surface area contributed by atoms with Crippen molar-refractivity contribution in [1.29, 1.82) is 0 Å². The minimum absolute atomic E-state index is 0.122. The molecule has 3 atom stereocenters. The van der Waals surface area contributed by atoms with Crippen molar-refractivity contribution < 1.29 is 9.53 Å². The van der Waals surface area contributed by atoms with Crippen LogP contribution in [0.25, 0.3) is 0 Å². The number of carbonyl (C=O) groups is 1. The second-order valence-electron chi connectivity index (χ2n) is 7.56. The van der Waals surface area contributed by atoms with Gasteiger partial charge in [0.2, 0.25) is 0 Å². The average Bonchev–Trinajstić information content (AvgIpc) is 2.65. The Labute approximate surface area is 150 Å². The van der Waals surface area contributed by atoms with E-state index in [4.69, 9.17) is 4.74 Å². The zero-order chi connectivity index (χ0) is 17.4. The van der Waals surface area contributed by atoms with E-state index in [0.29, 0.717) is 24.5 Å². The van der Waals surface area contributed by atoms with Crippen LogP contribution >= 0.6 is 0 Å². The fourth-order valence-corrected chi connectivity index (χ4v) is 5.07. The Morgan fingerprint density at radius 2 is 2.24 bits per heavy atom. The van der Waals surface area contributed by atoms with Crippen molar-refractivity contribution in [1.82, 2.24) is 15.1 Å². The molecule has 1 N–H and O–H groups in total. The number of carbonyl (C=O) groups excluding carboxylic acids is 1. The summed E-state index contributed by atoms with van der Waals surface area (Å²) in [6.07, 6.45) is 4.53. The van der Waals surface area contributed by atoms with Crippen molar-refractivity contribution >= 4 is 6.03 Å². The second-order valence-corrected chi connectivity index (χ2v) is 7.56. The highest BCUT2D eigenvalue weighted by Crippen LogP contribution is 2.43. The molecule has 3 aliphatic heterocycles. The number of hydrogen-bond acceptors (Lipinski definition) is 3. The van der Waals surface area contributed by atoms with Crippen LogP contribution in [0.3, 0.4) is 0 Å². The van der Waals surface area contributed by atoms with Gasteiger partial charge < -0.3 is 15.0 Å². The highest BCUT2D eigenvalue weighted by atomic mass is 16.5. The van der Waals surface area contributed by atoms with E-state index >= 15 is 0 Å². The standard InChI is InChI=1S/C20H29N3O2/c1-3-21-20(24)23-9-4-5-15-13-22-10-8-14-11-16(25-2)6-7-17(14)19(22)12-18(15)23/h6-7,11,15,18-19H,3-5,8-10,12-13H2,1-2H3,(H,21,24).